The van der Waals surface area contributed by atoms with Crippen molar-refractivity contribution in [1.82, 2.24) is 14.8 Å². The van der Waals surface area contributed by atoms with Gasteiger partial charge in [-0.15, -0.1) is 0 Å². The van der Waals surface area contributed by atoms with Crippen molar-refractivity contribution in [3.63, 3.8) is 0 Å². The molecule has 0 bridgehead atoms. The molecule has 3 aromatic rings. The second-order valence-corrected chi connectivity index (χ2v) is 6.16. The minimum atomic E-state index is -0.682. The van der Waals surface area contributed by atoms with Crippen LogP contribution in [0, 0.1) is 10.1 Å². The Labute approximate surface area is 144 Å². The first-order valence-corrected chi connectivity index (χ1v) is 7.82. The van der Waals surface area contributed by atoms with Gasteiger partial charge in [-0.3, -0.25) is 24.4 Å². The summed E-state index contributed by atoms with van der Waals surface area (Å²) in [5.74, 6) is -0.909. The van der Waals surface area contributed by atoms with E-state index in [4.69, 9.17) is 0 Å². The number of rotatable bonds is 4. The van der Waals surface area contributed by atoms with Gasteiger partial charge in [0.1, 0.15) is 6.20 Å². The Kier molecular flexibility index (Phi) is 4.15. The first-order chi connectivity index (χ1) is 11.8. The summed E-state index contributed by atoms with van der Waals surface area (Å²) in [5.41, 5.74) is 0.466. The average molecular weight is 360 g/mol. The number of nitrogens with one attached hydrogen (secondary N) is 2. The fraction of sp³-hybridized carbons (Fsp3) is 0.143. The van der Waals surface area contributed by atoms with Gasteiger partial charge in [-0.1, -0.05) is 11.3 Å². The molecular formula is C14H12N6O4S. The molecule has 0 aliphatic heterocycles. The second kappa shape index (κ2) is 6.28. The normalized spacial score (nSPS) is 10.6. The first-order valence-electron chi connectivity index (χ1n) is 7.01. The molecule has 11 heteroatoms. The molecule has 0 fully saturated rings. The van der Waals surface area contributed by atoms with Crippen molar-refractivity contribution in [2.45, 2.75) is 6.92 Å². The number of carbonyl (C=O) groups excluding carboxylic acids is 2. The van der Waals surface area contributed by atoms with Crippen molar-refractivity contribution in [2.75, 3.05) is 10.6 Å². The fourth-order valence-corrected chi connectivity index (χ4v) is 3.12. The third-order valence-electron chi connectivity index (χ3n) is 3.15. The molecule has 128 valence electrons. The maximum Gasteiger partial charge on any atom is 0.320 e. The van der Waals surface area contributed by atoms with Gasteiger partial charge in [-0.25, -0.2) is 4.98 Å². The summed E-state index contributed by atoms with van der Waals surface area (Å²) >= 11 is 1.25. The van der Waals surface area contributed by atoms with E-state index in [0.717, 1.165) is 4.70 Å². The summed E-state index contributed by atoms with van der Waals surface area (Å²) in [4.78, 5) is 37.9. The molecule has 0 radical (unpaired) electrons. The number of nitrogens with zero attached hydrogens (tertiary/aromatic N) is 4. The molecule has 2 aromatic heterocycles. The number of carbonyl (C=O) groups is 2. The maximum atomic E-state index is 12.3. The van der Waals surface area contributed by atoms with Gasteiger partial charge in [0.25, 0.3) is 5.91 Å². The number of hydrogen-bond acceptors (Lipinski definition) is 7. The molecule has 0 unspecified atom stereocenters. The number of benzene rings is 1. The van der Waals surface area contributed by atoms with Crippen LogP contribution in [0.4, 0.5) is 16.5 Å². The second-order valence-electron chi connectivity index (χ2n) is 5.13. The quantitative estimate of drug-likeness (QED) is 0.541. The number of nitro groups is 1. The Balaban J connectivity index is 1.86. The summed E-state index contributed by atoms with van der Waals surface area (Å²) in [6.45, 7) is 1.39. The molecule has 1 aromatic carbocycles. The fourth-order valence-electron chi connectivity index (χ4n) is 2.17. The zero-order chi connectivity index (χ0) is 18.1. The van der Waals surface area contributed by atoms with Gasteiger partial charge in [-0.05, 0) is 18.2 Å². The lowest BCUT2D eigenvalue weighted by molar-refractivity contribution is -0.385. The molecule has 2 heterocycles. The summed E-state index contributed by atoms with van der Waals surface area (Å²) in [6.07, 6.45) is 1.17. The zero-order valence-electron chi connectivity index (χ0n) is 13.1. The molecule has 0 saturated heterocycles. The van der Waals surface area contributed by atoms with Crippen LogP contribution < -0.4 is 10.6 Å². The number of thiazole rings is 1. The number of amides is 2. The van der Waals surface area contributed by atoms with E-state index in [-0.39, 0.29) is 17.3 Å². The van der Waals surface area contributed by atoms with Gasteiger partial charge in [0.05, 0.1) is 15.1 Å². The Bertz CT molecular complexity index is 1010. The Morgan fingerprint density at radius 3 is 2.76 bits per heavy atom. The first kappa shape index (κ1) is 16.5. The van der Waals surface area contributed by atoms with Crippen LogP contribution in [0.3, 0.4) is 0 Å². The monoisotopic (exact) mass is 360 g/mol. The number of aromatic nitrogens is 3. The van der Waals surface area contributed by atoms with Crippen molar-refractivity contribution >= 4 is 49.9 Å². The lowest BCUT2D eigenvalue weighted by atomic mass is 10.3. The lowest BCUT2D eigenvalue weighted by Gasteiger charge is -2.02. The minimum Gasteiger partial charge on any atom is -0.320 e. The van der Waals surface area contributed by atoms with Crippen LogP contribution in [0.2, 0.25) is 0 Å². The van der Waals surface area contributed by atoms with E-state index in [1.807, 2.05) is 0 Å². The number of anilines is 2. The molecule has 0 spiro atoms. The van der Waals surface area contributed by atoms with Crippen LogP contribution in [0.5, 0.6) is 0 Å². The van der Waals surface area contributed by atoms with Crippen LogP contribution in [-0.2, 0) is 11.8 Å². The highest BCUT2D eigenvalue weighted by molar-refractivity contribution is 7.22. The van der Waals surface area contributed by atoms with E-state index in [9.17, 15) is 19.7 Å². The summed E-state index contributed by atoms with van der Waals surface area (Å²) < 4.78 is 1.95. The van der Waals surface area contributed by atoms with E-state index in [1.54, 1.807) is 18.2 Å². The van der Waals surface area contributed by atoms with Crippen molar-refractivity contribution in [2.24, 2.45) is 7.05 Å². The molecule has 0 saturated carbocycles. The van der Waals surface area contributed by atoms with Crippen LogP contribution in [0.1, 0.15) is 17.4 Å². The standard InChI is InChI=1S/C14H12N6O4S/c1-7(21)15-14-17-9-4-3-8(5-11(9)25-14)16-13(22)12-10(20(23)24)6-19(2)18-12/h3-6H,1-2H3,(H,16,22)(H,15,17,21). The van der Waals surface area contributed by atoms with E-state index in [2.05, 4.69) is 20.7 Å². The van der Waals surface area contributed by atoms with Crippen molar-refractivity contribution < 1.29 is 14.5 Å². The van der Waals surface area contributed by atoms with E-state index < -0.39 is 10.8 Å². The molecule has 25 heavy (non-hydrogen) atoms. The van der Waals surface area contributed by atoms with Gasteiger partial charge in [0, 0.05) is 19.7 Å². The summed E-state index contributed by atoms with van der Waals surface area (Å²) in [6, 6.07) is 4.97. The van der Waals surface area contributed by atoms with Crippen molar-refractivity contribution in [3.05, 3.63) is 40.2 Å². The van der Waals surface area contributed by atoms with Gasteiger partial charge >= 0.3 is 5.69 Å². The molecule has 0 atom stereocenters. The largest absolute Gasteiger partial charge is 0.320 e. The molecule has 0 aliphatic rings. The Morgan fingerprint density at radius 1 is 1.32 bits per heavy atom. The van der Waals surface area contributed by atoms with E-state index in [0.29, 0.717) is 16.3 Å². The van der Waals surface area contributed by atoms with Gasteiger partial charge in [-0.2, -0.15) is 5.10 Å². The molecule has 0 aliphatic carbocycles. The topological polar surface area (TPSA) is 132 Å². The predicted molar refractivity (Wildman–Crippen MR) is 91.7 cm³/mol. The Hall–Kier alpha value is -3.34. The van der Waals surface area contributed by atoms with Gasteiger partial charge in [0.15, 0.2) is 5.13 Å². The Morgan fingerprint density at radius 2 is 2.08 bits per heavy atom. The van der Waals surface area contributed by atoms with Crippen LogP contribution in [-0.4, -0.2) is 31.5 Å². The van der Waals surface area contributed by atoms with E-state index in [1.165, 1.54) is 36.2 Å². The SMILES string of the molecule is CC(=O)Nc1nc2ccc(NC(=O)c3nn(C)cc3[N+](=O)[O-])cc2s1. The van der Waals surface area contributed by atoms with Crippen LogP contribution in [0.25, 0.3) is 10.2 Å². The smallest absolute Gasteiger partial charge is 0.320 e. The third kappa shape index (κ3) is 3.45. The highest BCUT2D eigenvalue weighted by Crippen LogP contribution is 2.28. The van der Waals surface area contributed by atoms with Crippen LogP contribution in [0.15, 0.2) is 24.4 Å². The number of fused-ring (bicyclic) bond motifs is 1. The zero-order valence-corrected chi connectivity index (χ0v) is 14.0. The molecule has 10 nitrogen and oxygen atoms in total. The highest BCUT2D eigenvalue weighted by Gasteiger charge is 2.25. The number of hydrogen-bond donors (Lipinski definition) is 2. The van der Waals surface area contributed by atoms with Gasteiger partial charge < -0.3 is 10.6 Å². The molecule has 2 N–H and O–H groups in total. The molecule has 2 amide bonds. The lowest BCUT2D eigenvalue weighted by Crippen LogP contribution is -2.14. The van der Waals surface area contributed by atoms with E-state index >= 15 is 0 Å². The minimum absolute atomic E-state index is 0.227. The molecule has 3 rings (SSSR count). The predicted octanol–water partition coefficient (Wildman–Crippen LogP) is 2.15. The van der Waals surface area contributed by atoms with Crippen molar-refractivity contribution in [1.29, 1.82) is 0 Å². The summed E-state index contributed by atoms with van der Waals surface area (Å²) in [5, 5.41) is 20.4. The van der Waals surface area contributed by atoms with Crippen LogP contribution >= 0.6 is 11.3 Å². The average Bonchev–Trinajstić information content (AvgIpc) is 3.09. The maximum absolute atomic E-state index is 12.3. The third-order valence-corrected chi connectivity index (χ3v) is 4.08. The highest BCUT2D eigenvalue weighted by atomic mass is 32.1. The molecular weight excluding hydrogens is 348 g/mol. The summed E-state index contributed by atoms with van der Waals surface area (Å²) in [7, 11) is 1.50. The van der Waals surface area contributed by atoms with Crippen molar-refractivity contribution in [3.8, 4) is 0 Å². The number of aryl methyl sites for hydroxylation is 1. The van der Waals surface area contributed by atoms with Gasteiger partial charge in [0.2, 0.25) is 11.6 Å².